The minimum absolute atomic E-state index is 0.0891. The van der Waals surface area contributed by atoms with Crippen molar-refractivity contribution in [3.05, 3.63) is 29.3 Å². The number of carbonyl (C=O) groups excluding carboxylic acids is 1. The van der Waals surface area contributed by atoms with Crippen molar-refractivity contribution in [1.29, 1.82) is 0 Å². The molecule has 98 valence electrons. The maximum atomic E-state index is 10.6. The van der Waals surface area contributed by atoms with E-state index in [9.17, 15) is 24.9 Å². The smallest absolute Gasteiger partial charge is 0.339 e. The van der Waals surface area contributed by atoms with Crippen LogP contribution in [0.1, 0.15) is 28.4 Å². The first-order valence-corrected chi connectivity index (χ1v) is 5.03. The van der Waals surface area contributed by atoms with E-state index >= 15 is 0 Å². The lowest BCUT2D eigenvalue weighted by Crippen LogP contribution is -2.25. The topological polar surface area (TPSA) is 141 Å². The van der Waals surface area contributed by atoms with Crippen LogP contribution >= 0.6 is 0 Å². The lowest BCUT2D eigenvalue weighted by atomic mass is 10.00. The number of primary amides is 1. The van der Waals surface area contributed by atoms with Crippen LogP contribution in [0, 0.1) is 0 Å². The minimum atomic E-state index is -1.44. The van der Waals surface area contributed by atoms with Gasteiger partial charge in [0.25, 0.3) is 0 Å². The Morgan fingerprint density at radius 1 is 1.28 bits per heavy atom. The second-order valence-corrected chi connectivity index (χ2v) is 3.76. The molecule has 0 bridgehead atoms. The van der Waals surface area contributed by atoms with Gasteiger partial charge in [-0.2, -0.15) is 0 Å². The molecule has 1 rings (SSSR count). The first-order chi connectivity index (χ1) is 8.32. The average molecular weight is 255 g/mol. The molecule has 0 aliphatic heterocycles. The van der Waals surface area contributed by atoms with Gasteiger partial charge in [0.2, 0.25) is 5.91 Å². The van der Waals surface area contributed by atoms with Crippen molar-refractivity contribution in [2.45, 2.75) is 18.6 Å². The molecule has 2 unspecified atom stereocenters. The van der Waals surface area contributed by atoms with Gasteiger partial charge in [-0.3, -0.25) is 4.79 Å². The van der Waals surface area contributed by atoms with E-state index in [0.29, 0.717) is 0 Å². The van der Waals surface area contributed by atoms with Gasteiger partial charge < -0.3 is 26.2 Å². The fourth-order valence-corrected chi connectivity index (χ4v) is 1.45. The zero-order valence-corrected chi connectivity index (χ0v) is 9.28. The predicted octanol–water partition coefficient (Wildman–Crippen LogP) is -0.640. The molecule has 0 aliphatic carbocycles. The number of hydrogen-bond acceptors (Lipinski definition) is 5. The number of aromatic carboxylic acids is 1. The number of carboxylic acid groups (broad SMARTS) is 1. The van der Waals surface area contributed by atoms with Gasteiger partial charge in [-0.25, -0.2) is 4.79 Å². The van der Waals surface area contributed by atoms with Crippen LogP contribution < -0.4 is 5.73 Å². The summed E-state index contributed by atoms with van der Waals surface area (Å²) in [6.45, 7) is 0. The molecular weight excluding hydrogens is 242 g/mol. The number of hydrogen-bond donors (Lipinski definition) is 5. The molecule has 0 fully saturated rings. The Morgan fingerprint density at radius 2 is 1.89 bits per heavy atom. The van der Waals surface area contributed by atoms with E-state index in [1.165, 1.54) is 6.07 Å². The molecule has 7 nitrogen and oxygen atoms in total. The third-order valence-corrected chi connectivity index (χ3v) is 2.37. The molecule has 18 heavy (non-hydrogen) atoms. The van der Waals surface area contributed by atoms with Crippen molar-refractivity contribution < 1.29 is 30.0 Å². The summed E-state index contributed by atoms with van der Waals surface area (Å²) in [4.78, 5) is 21.2. The van der Waals surface area contributed by atoms with Crippen molar-refractivity contribution in [3.8, 4) is 5.75 Å². The number of amides is 1. The fourth-order valence-electron chi connectivity index (χ4n) is 1.45. The van der Waals surface area contributed by atoms with Gasteiger partial charge >= 0.3 is 5.97 Å². The highest BCUT2D eigenvalue weighted by molar-refractivity contribution is 5.90. The highest BCUT2D eigenvalue weighted by atomic mass is 16.4. The Labute approximate surface area is 102 Å². The molecule has 0 heterocycles. The Morgan fingerprint density at radius 3 is 2.33 bits per heavy atom. The summed E-state index contributed by atoms with van der Waals surface area (Å²) in [6.07, 6.45) is -3.30. The van der Waals surface area contributed by atoms with Crippen LogP contribution in [-0.2, 0) is 4.79 Å². The number of phenols is 1. The monoisotopic (exact) mass is 255 g/mol. The molecule has 0 spiro atoms. The normalized spacial score (nSPS) is 13.9. The van der Waals surface area contributed by atoms with Gasteiger partial charge in [-0.15, -0.1) is 0 Å². The van der Waals surface area contributed by atoms with Crippen molar-refractivity contribution in [2.75, 3.05) is 0 Å². The largest absolute Gasteiger partial charge is 0.507 e. The minimum Gasteiger partial charge on any atom is -0.507 e. The number of rotatable bonds is 5. The van der Waals surface area contributed by atoms with Crippen LogP contribution in [0.5, 0.6) is 5.75 Å². The van der Waals surface area contributed by atoms with Crippen molar-refractivity contribution in [3.63, 3.8) is 0 Å². The van der Waals surface area contributed by atoms with Crippen LogP contribution in [0.4, 0.5) is 0 Å². The van der Waals surface area contributed by atoms with Crippen LogP contribution in [0.3, 0.4) is 0 Å². The molecular formula is C11H13NO6. The number of carbonyl (C=O) groups is 2. The average Bonchev–Trinajstić information content (AvgIpc) is 2.26. The van der Waals surface area contributed by atoms with Crippen molar-refractivity contribution in [2.24, 2.45) is 5.73 Å². The van der Waals surface area contributed by atoms with Crippen LogP contribution in [-0.4, -0.2) is 38.4 Å². The fraction of sp³-hybridized carbons (Fsp3) is 0.273. The molecule has 1 aromatic carbocycles. The second kappa shape index (κ2) is 5.48. The predicted molar refractivity (Wildman–Crippen MR) is 59.8 cm³/mol. The van der Waals surface area contributed by atoms with E-state index in [1.54, 1.807) is 0 Å². The van der Waals surface area contributed by atoms with Gasteiger partial charge in [0.05, 0.1) is 12.5 Å². The van der Waals surface area contributed by atoms with Gasteiger partial charge in [-0.05, 0) is 17.7 Å². The quantitative estimate of drug-likeness (QED) is 0.474. The summed E-state index contributed by atoms with van der Waals surface area (Å²) in [6, 6.07) is 3.34. The zero-order chi connectivity index (χ0) is 13.9. The number of aliphatic hydroxyl groups is 2. The molecule has 2 atom stereocenters. The van der Waals surface area contributed by atoms with E-state index in [1.807, 2.05) is 0 Å². The Hall–Kier alpha value is -2.12. The van der Waals surface area contributed by atoms with E-state index in [4.69, 9.17) is 10.8 Å². The van der Waals surface area contributed by atoms with Crippen LogP contribution in [0.2, 0.25) is 0 Å². The van der Waals surface area contributed by atoms with E-state index in [2.05, 4.69) is 0 Å². The van der Waals surface area contributed by atoms with E-state index < -0.39 is 36.3 Å². The van der Waals surface area contributed by atoms with Crippen molar-refractivity contribution >= 4 is 11.9 Å². The lowest BCUT2D eigenvalue weighted by Gasteiger charge is -2.17. The Balaban J connectivity index is 2.93. The highest BCUT2D eigenvalue weighted by Gasteiger charge is 2.22. The summed E-state index contributed by atoms with van der Waals surface area (Å²) in [5, 5.41) is 37.2. The first kappa shape index (κ1) is 13.9. The summed E-state index contributed by atoms with van der Waals surface area (Å²) in [5.74, 6) is -2.63. The Kier molecular flexibility index (Phi) is 4.24. The third-order valence-electron chi connectivity index (χ3n) is 2.37. The summed E-state index contributed by atoms with van der Waals surface area (Å²) >= 11 is 0. The van der Waals surface area contributed by atoms with Gasteiger partial charge in [0.15, 0.2) is 0 Å². The van der Waals surface area contributed by atoms with Crippen molar-refractivity contribution in [1.82, 2.24) is 0 Å². The van der Waals surface area contributed by atoms with Crippen LogP contribution in [0.15, 0.2) is 18.2 Å². The summed E-state index contributed by atoms with van der Waals surface area (Å²) < 4.78 is 0. The van der Waals surface area contributed by atoms with E-state index in [0.717, 1.165) is 12.1 Å². The Bertz CT molecular complexity index is 473. The molecule has 0 saturated heterocycles. The second-order valence-electron chi connectivity index (χ2n) is 3.76. The summed E-state index contributed by atoms with van der Waals surface area (Å²) in [5.41, 5.74) is 4.63. The number of nitrogens with two attached hydrogens (primary N) is 1. The molecule has 0 saturated carbocycles. The molecule has 0 aromatic heterocycles. The van der Waals surface area contributed by atoms with Gasteiger partial charge in [0.1, 0.15) is 17.4 Å². The molecule has 0 radical (unpaired) electrons. The zero-order valence-electron chi connectivity index (χ0n) is 9.28. The van der Waals surface area contributed by atoms with Crippen LogP contribution in [0.25, 0.3) is 0 Å². The number of aliphatic hydroxyl groups excluding tert-OH is 2. The molecule has 1 amide bonds. The molecule has 6 N–H and O–H groups in total. The van der Waals surface area contributed by atoms with Gasteiger partial charge in [0, 0.05) is 0 Å². The molecule has 0 aliphatic rings. The highest BCUT2D eigenvalue weighted by Crippen LogP contribution is 2.25. The number of carboxylic acids is 1. The first-order valence-electron chi connectivity index (χ1n) is 5.03. The maximum Gasteiger partial charge on any atom is 0.339 e. The van der Waals surface area contributed by atoms with E-state index in [-0.39, 0.29) is 11.1 Å². The number of benzene rings is 1. The molecule has 1 aromatic rings. The number of aromatic hydroxyl groups is 1. The third kappa shape index (κ3) is 3.19. The summed E-state index contributed by atoms with van der Waals surface area (Å²) in [7, 11) is 0. The SMILES string of the molecule is NC(=O)CC(O)C(O)c1ccc(C(=O)O)c(O)c1. The lowest BCUT2D eigenvalue weighted by molar-refractivity contribution is -0.121. The standard InChI is InChI=1S/C11H13NO6/c12-9(15)4-8(14)10(16)5-1-2-6(11(17)18)7(13)3-5/h1-3,8,10,13-14,16H,4H2,(H2,12,15)(H,17,18). The maximum absolute atomic E-state index is 10.6. The molecule has 7 heteroatoms. The van der Waals surface area contributed by atoms with Gasteiger partial charge in [-0.1, -0.05) is 6.07 Å².